The van der Waals surface area contributed by atoms with Crippen LogP contribution in [-0.4, -0.2) is 24.5 Å². The van der Waals surface area contributed by atoms with E-state index in [1.165, 1.54) is 30.6 Å². The van der Waals surface area contributed by atoms with Crippen LogP contribution >= 0.6 is 11.3 Å². The zero-order chi connectivity index (χ0) is 17.2. The van der Waals surface area contributed by atoms with Gasteiger partial charge >= 0.3 is 0 Å². The first kappa shape index (κ1) is 18.3. The molecular formula is C18H25N3O2S. The molecule has 0 bridgehead atoms. The fourth-order valence-electron chi connectivity index (χ4n) is 2.25. The lowest BCUT2D eigenvalue weighted by molar-refractivity contribution is 0.0948. The number of aromatic nitrogens is 1. The van der Waals surface area contributed by atoms with Crippen LogP contribution in [0.15, 0.2) is 29.6 Å². The third-order valence-electron chi connectivity index (χ3n) is 3.64. The van der Waals surface area contributed by atoms with Crippen molar-refractivity contribution in [2.45, 2.75) is 39.0 Å². The summed E-state index contributed by atoms with van der Waals surface area (Å²) in [6, 6.07) is 7.58. The minimum Gasteiger partial charge on any atom is -0.497 e. The number of carbonyl (C=O) groups excluding carboxylic acids is 1. The maximum Gasteiger partial charge on any atom is 0.270 e. The Bertz CT molecular complexity index is 625. The van der Waals surface area contributed by atoms with Crippen LogP contribution in [0.25, 0.3) is 0 Å². The summed E-state index contributed by atoms with van der Waals surface area (Å²) in [6.45, 7) is 2.91. The minimum atomic E-state index is -0.107. The Hall–Kier alpha value is -2.08. The highest BCUT2D eigenvalue weighted by atomic mass is 32.1. The van der Waals surface area contributed by atoms with E-state index < -0.39 is 0 Å². The average molecular weight is 347 g/mol. The molecule has 130 valence electrons. The standard InChI is InChI=1S/C18H25N3O2S/c1-3-4-5-6-7-12-19-17(22)16-13-24-18(21-16)20-14-8-10-15(23-2)11-9-14/h8-11,13H,3-7,12H2,1-2H3,(H,19,22)(H,20,21). The number of hydrogen-bond acceptors (Lipinski definition) is 5. The van der Waals surface area contributed by atoms with E-state index in [0.29, 0.717) is 17.4 Å². The molecule has 0 fully saturated rings. The van der Waals surface area contributed by atoms with Gasteiger partial charge in [0.1, 0.15) is 11.4 Å². The van der Waals surface area contributed by atoms with Gasteiger partial charge in [-0.1, -0.05) is 32.6 Å². The second kappa shape index (κ2) is 9.93. The summed E-state index contributed by atoms with van der Waals surface area (Å²) in [4.78, 5) is 16.4. The fourth-order valence-corrected chi connectivity index (χ4v) is 2.97. The van der Waals surface area contributed by atoms with Crippen LogP contribution in [0.4, 0.5) is 10.8 Å². The lowest BCUT2D eigenvalue weighted by Crippen LogP contribution is -2.24. The van der Waals surface area contributed by atoms with Crippen LogP contribution in [-0.2, 0) is 0 Å². The Kier molecular flexibility index (Phi) is 7.55. The molecule has 0 saturated carbocycles. The smallest absolute Gasteiger partial charge is 0.270 e. The molecule has 0 atom stereocenters. The molecule has 0 unspecified atom stereocenters. The molecule has 1 heterocycles. The number of carbonyl (C=O) groups is 1. The van der Waals surface area contributed by atoms with Crippen molar-refractivity contribution in [1.29, 1.82) is 0 Å². The van der Waals surface area contributed by atoms with E-state index in [2.05, 4.69) is 22.5 Å². The third kappa shape index (κ3) is 5.85. The number of unbranched alkanes of at least 4 members (excludes halogenated alkanes) is 4. The molecule has 6 heteroatoms. The highest BCUT2D eigenvalue weighted by molar-refractivity contribution is 7.14. The molecule has 1 amide bonds. The summed E-state index contributed by atoms with van der Waals surface area (Å²) in [5.74, 6) is 0.697. The van der Waals surface area contributed by atoms with Gasteiger partial charge in [-0.3, -0.25) is 4.79 Å². The largest absolute Gasteiger partial charge is 0.497 e. The van der Waals surface area contributed by atoms with Gasteiger partial charge in [0.25, 0.3) is 5.91 Å². The average Bonchev–Trinajstić information content (AvgIpc) is 3.07. The molecule has 2 N–H and O–H groups in total. The molecule has 0 aliphatic carbocycles. The van der Waals surface area contributed by atoms with Crippen LogP contribution in [0.2, 0.25) is 0 Å². The number of nitrogens with one attached hydrogen (secondary N) is 2. The van der Waals surface area contributed by atoms with E-state index in [4.69, 9.17) is 4.74 Å². The van der Waals surface area contributed by atoms with Crippen molar-refractivity contribution in [3.63, 3.8) is 0 Å². The van der Waals surface area contributed by atoms with Crippen molar-refractivity contribution >= 4 is 28.1 Å². The zero-order valence-corrected chi connectivity index (χ0v) is 15.1. The van der Waals surface area contributed by atoms with Crippen LogP contribution in [0.5, 0.6) is 5.75 Å². The maximum atomic E-state index is 12.1. The number of hydrogen-bond donors (Lipinski definition) is 2. The first-order chi connectivity index (χ1) is 11.7. The normalized spacial score (nSPS) is 10.4. The van der Waals surface area contributed by atoms with Gasteiger partial charge in [-0.2, -0.15) is 0 Å². The van der Waals surface area contributed by atoms with Gasteiger partial charge in [0, 0.05) is 17.6 Å². The molecule has 1 aromatic heterocycles. The number of thiazole rings is 1. The number of anilines is 2. The first-order valence-electron chi connectivity index (χ1n) is 8.37. The third-order valence-corrected chi connectivity index (χ3v) is 4.40. The molecule has 1 aromatic carbocycles. The van der Waals surface area contributed by atoms with Gasteiger partial charge in [0.15, 0.2) is 5.13 Å². The summed E-state index contributed by atoms with van der Waals surface area (Å²) in [7, 11) is 1.64. The molecule has 0 spiro atoms. The topological polar surface area (TPSA) is 63.2 Å². The van der Waals surface area contributed by atoms with Gasteiger partial charge in [-0.15, -0.1) is 11.3 Å². The van der Waals surface area contributed by atoms with E-state index in [0.717, 1.165) is 24.3 Å². The van der Waals surface area contributed by atoms with Gasteiger partial charge in [0.05, 0.1) is 7.11 Å². The maximum absolute atomic E-state index is 12.1. The predicted octanol–water partition coefficient (Wildman–Crippen LogP) is 4.60. The number of amides is 1. The second-order valence-corrected chi connectivity index (χ2v) is 6.42. The van der Waals surface area contributed by atoms with Crippen molar-refractivity contribution in [2.75, 3.05) is 19.0 Å². The molecule has 5 nitrogen and oxygen atoms in total. The van der Waals surface area contributed by atoms with Gasteiger partial charge in [0.2, 0.25) is 0 Å². The molecule has 2 aromatic rings. The lowest BCUT2D eigenvalue weighted by Gasteiger charge is -2.04. The number of benzene rings is 1. The van der Waals surface area contributed by atoms with Crippen LogP contribution in [0, 0.1) is 0 Å². The fraction of sp³-hybridized carbons (Fsp3) is 0.444. The molecule has 0 aliphatic heterocycles. The van der Waals surface area contributed by atoms with E-state index in [1.54, 1.807) is 12.5 Å². The Morgan fingerprint density at radius 1 is 1.17 bits per heavy atom. The number of ether oxygens (including phenoxy) is 1. The van der Waals surface area contributed by atoms with Crippen molar-refractivity contribution in [1.82, 2.24) is 10.3 Å². The summed E-state index contributed by atoms with van der Waals surface area (Å²) >= 11 is 1.42. The van der Waals surface area contributed by atoms with Crippen LogP contribution in [0.1, 0.15) is 49.5 Å². The predicted molar refractivity (Wildman–Crippen MR) is 99.5 cm³/mol. The van der Waals surface area contributed by atoms with Gasteiger partial charge < -0.3 is 15.4 Å². The summed E-state index contributed by atoms with van der Waals surface area (Å²) in [6.07, 6.45) is 5.91. The van der Waals surface area contributed by atoms with Gasteiger partial charge in [-0.25, -0.2) is 4.98 Å². The van der Waals surface area contributed by atoms with Gasteiger partial charge in [-0.05, 0) is 30.7 Å². The Morgan fingerprint density at radius 2 is 1.92 bits per heavy atom. The molecular weight excluding hydrogens is 322 g/mol. The Labute approximate surface area is 147 Å². The highest BCUT2D eigenvalue weighted by Gasteiger charge is 2.10. The van der Waals surface area contributed by atoms with E-state index in [-0.39, 0.29) is 5.91 Å². The van der Waals surface area contributed by atoms with E-state index in [1.807, 2.05) is 24.3 Å². The SMILES string of the molecule is CCCCCCCNC(=O)c1csc(Nc2ccc(OC)cc2)n1. The Balaban J connectivity index is 1.78. The number of nitrogens with zero attached hydrogens (tertiary/aromatic N) is 1. The molecule has 0 radical (unpaired) electrons. The first-order valence-corrected chi connectivity index (χ1v) is 9.25. The summed E-state index contributed by atoms with van der Waals surface area (Å²) in [5, 5.41) is 8.60. The second-order valence-electron chi connectivity index (χ2n) is 5.56. The van der Waals surface area contributed by atoms with Crippen molar-refractivity contribution in [3.05, 3.63) is 35.3 Å². The molecule has 0 saturated heterocycles. The quantitative estimate of drug-likeness (QED) is 0.617. The van der Waals surface area contributed by atoms with Crippen molar-refractivity contribution in [2.24, 2.45) is 0 Å². The molecule has 2 rings (SSSR count). The summed E-state index contributed by atoms with van der Waals surface area (Å²) in [5.41, 5.74) is 1.37. The number of methoxy groups -OCH3 is 1. The van der Waals surface area contributed by atoms with Crippen LogP contribution in [0.3, 0.4) is 0 Å². The van der Waals surface area contributed by atoms with E-state index >= 15 is 0 Å². The van der Waals surface area contributed by atoms with Crippen molar-refractivity contribution in [3.8, 4) is 5.75 Å². The molecule has 24 heavy (non-hydrogen) atoms. The lowest BCUT2D eigenvalue weighted by atomic mass is 10.1. The Morgan fingerprint density at radius 3 is 2.62 bits per heavy atom. The zero-order valence-electron chi connectivity index (χ0n) is 14.3. The van der Waals surface area contributed by atoms with Crippen molar-refractivity contribution < 1.29 is 9.53 Å². The highest BCUT2D eigenvalue weighted by Crippen LogP contribution is 2.22. The molecule has 0 aliphatic rings. The minimum absolute atomic E-state index is 0.107. The monoisotopic (exact) mass is 347 g/mol. The summed E-state index contributed by atoms with van der Waals surface area (Å²) < 4.78 is 5.13. The van der Waals surface area contributed by atoms with Crippen LogP contribution < -0.4 is 15.4 Å². The van der Waals surface area contributed by atoms with E-state index in [9.17, 15) is 4.79 Å². The number of rotatable bonds is 10.